The maximum absolute atomic E-state index is 12.8. The van der Waals surface area contributed by atoms with Crippen molar-refractivity contribution in [1.29, 1.82) is 5.41 Å². The Morgan fingerprint density at radius 3 is 2.60 bits per heavy atom. The average Bonchev–Trinajstić information content (AvgIpc) is 2.58. The third-order valence-electron chi connectivity index (χ3n) is 3.65. The Hall–Kier alpha value is -3.35. The second-order valence-electron chi connectivity index (χ2n) is 5.51. The van der Waals surface area contributed by atoms with Crippen LogP contribution in [0.25, 0.3) is 0 Å². The molecule has 0 aromatic heterocycles. The number of para-hydroxylation sites is 1. The second kappa shape index (κ2) is 7.96. The number of guanidine groups is 1. The van der Waals surface area contributed by atoms with Gasteiger partial charge in [0.1, 0.15) is 0 Å². The Balaban J connectivity index is 2.25. The summed E-state index contributed by atoms with van der Waals surface area (Å²) in [6.45, 7) is 0. The highest BCUT2D eigenvalue weighted by atomic mass is 16.4. The van der Waals surface area contributed by atoms with Crippen LogP contribution >= 0.6 is 0 Å². The number of anilines is 2. The monoisotopic (exact) mass is 340 g/mol. The molecule has 0 fully saturated rings. The highest BCUT2D eigenvalue weighted by Gasteiger charge is 2.17. The minimum atomic E-state index is -0.883. The standard InChI is InChI=1S/C18H20N4O3/c1-22(15-8-3-2-5-12(15)9-10-16(23)24)17(25)13-6-4-7-14(11-13)21-18(19)20/h2-8,11H,9-10H2,1H3,(H,23,24)(H4,19,20,21). The van der Waals surface area contributed by atoms with Crippen LogP contribution in [0.15, 0.2) is 48.5 Å². The zero-order chi connectivity index (χ0) is 18.4. The minimum Gasteiger partial charge on any atom is -0.481 e. The van der Waals surface area contributed by atoms with E-state index in [1.54, 1.807) is 43.4 Å². The number of hydrogen-bond acceptors (Lipinski definition) is 3. The fourth-order valence-corrected chi connectivity index (χ4v) is 2.48. The first-order chi connectivity index (χ1) is 11.9. The molecular weight excluding hydrogens is 320 g/mol. The van der Waals surface area contributed by atoms with Gasteiger partial charge in [0.05, 0.1) is 0 Å². The van der Waals surface area contributed by atoms with Crippen molar-refractivity contribution in [2.45, 2.75) is 12.8 Å². The molecule has 1 amide bonds. The molecule has 2 aromatic rings. The highest BCUT2D eigenvalue weighted by molar-refractivity contribution is 6.07. The third-order valence-corrected chi connectivity index (χ3v) is 3.65. The minimum absolute atomic E-state index is 0.00292. The van der Waals surface area contributed by atoms with E-state index in [9.17, 15) is 9.59 Å². The number of benzene rings is 2. The smallest absolute Gasteiger partial charge is 0.303 e. The number of carboxylic acids is 1. The molecule has 25 heavy (non-hydrogen) atoms. The molecule has 0 atom stereocenters. The van der Waals surface area contributed by atoms with Gasteiger partial charge in [0.25, 0.3) is 5.91 Å². The molecule has 2 aromatic carbocycles. The number of rotatable bonds is 6. The van der Waals surface area contributed by atoms with E-state index < -0.39 is 5.97 Å². The van der Waals surface area contributed by atoms with Gasteiger partial charge in [0, 0.05) is 30.4 Å². The van der Waals surface area contributed by atoms with Gasteiger partial charge < -0.3 is 21.1 Å². The molecular formula is C18H20N4O3. The molecule has 0 bridgehead atoms. The summed E-state index contributed by atoms with van der Waals surface area (Å²) < 4.78 is 0. The molecule has 0 aliphatic carbocycles. The van der Waals surface area contributed by atoms with Crippen LogP contribution in [0.2, 0.25) is 0 Å². The molecule has 7 nitrogen and oxygen atoms in total. The van der Waals surface area contributed by atoms with Crippen LogP contribution in [0.3, 0.4) is 0 Å². The zero-order valence-corrected chi connectivity index (χ0v) is 13.8. The number of carboxylic acid groups (broad SMARTS) is 1. The Morgan fingerprint density at radius 2 is 1.92 bits per heavy atom. The van der Waals surface area contributed by atoms with Crippen molar-refractivity contribution in [3.8, 4) is 0 Å². The van der Waals surface area contributed by atoms with Crippen molar-refractivity contribution in [2.75, 3.05) is 17.3 Å². The van der Waals surface area contributed by atoms with Gasteiger partial charge in [-0.05, 0) is 36.2 Å². The summed E-state index contributed by atoms with van der Waals surface area (Å²) in [6.07, 6.45) is 0.339. The molecule has 2 rings (SSSR count). The molecule has 0 saturated heterocycles. The number of nitrogens with zero attached hydrogens (tertiary/aromatic N) is 1. The molecule has 0 aliphatic heterocycles. The van der Waals surface area contributed by atoms with E-state index in [4.69, 9.17) is 16.2 Å². The Morgan fingerprint density at radius 1 is 1.20 bits per heavy atom. The fraction of sp³-hybridized carbons (Fsp3) is 0.167. The lowest BCUT2D eigenvalue weighted by Gasteiger charge is -2.21. The summed E-state index contributed by atoms with van der Waals surface area (Å²) in [5.74, 6) is -1.33. The van der Waals surface area contributed by atoms with Crippen LogP contribution in [0.1, 0.15) is 22.3 Å². The second-order valence-corrected chi connectivity index (χ2v) is 5.51. The number of amides is 1. The van der Waals surface area contributed by atoms with E-state index in [0.717, 1.165) is 5.56 Å². The zero-order valence-electron chi connectivity index (χ0n) is 13.8. The number of carbonyl (C=O) groups is 2. The summed E-state index contributed by atoms with van der Waals surface area (Å²) >= 11 is 0. The summed E-state index contributed by atoms with van der Waals surface area (Å²) in [7, 11) is 1.65. The van der Waals surface area contributed by atoms with Crippen LogP contribution < -0.4 is 16.0 Å². The van der Waals surface area contributed by atoms with Gasteiger partial charge >= 0.3 is 5.97 Å². The SMILES string of the molecule is CN(C(=O)c1cccc(NC(=N)N)c1)c1ccccc1CCC(=O)O. The Labute approximate surface area is 145 Å². The molecule has 130 valence electrons. The number of carbonyl (C=O) groups excluding carboxylic acids is 1. The maximum Gasteiger partial charge on any atom is 0.303 e. The first-order valence-electron chi connectivity index (χ1n) is 7.67. The maximum atomic E-state index is 12.8. The van der Waals surface area contributed by atoms with Gasteiger partial charge in [-0.15, -0.1) is 0 Å². The number of nitrogens with two attached hydrogens (primary N) is 1. The molecule has 0 saturated carbocycles. The van der Waals surface area contributed by atoms with Crippen molar-refractivity contribution >= 4 is 29.2 Å². The van der Waals surface area contributed by atoms with Gasteiger partial charge in [0.2, 0.25) is 0 Å². The van der Waals surface area contributed by atoms with Gasteiger partial charge in [-0.25, -0.2) is 0 Å². The highest BCUT2D eigenvalue weighted by Crippen LogP contribution is 2.23. The van der Waals surface area contributed by atoms with Gasteiger partial charge in [0.15, 0.2) is 5.96 Å². The molecule has 7 heteroatoms. The molecule has 0 spiro atoms. The van der Waals surface area contributed by atoms with Crippen molar-refractivity contribution in [1.82, 2.24) is 0 Å². The summed E-state index contributed by atoms with van der Waals surface area (Å²) in [6, 6.07) is 13.9. The summed E-state index contributed by atoms with van der Waals surface area (Å²) in [5, 5.41) is 18.8. The van der Waals surface area contributed by atoms with Crippen molar-refractivity contribution < 1.29 is 14.7 Å². The van der Waals surface area contributed by atoms with Crippen LogP contribution in [0.4, 0.5) is 11.4 Å². The first kappa shape index (κ1) is 18.0. The van der Waals surface area contributed by atoms with E-state index in [0.29, 0.717) is 23.4 Å². The quantitative estimate of drug-likeness (QED) is 0.475. The number of hydrogen-bond donors (Lipinski definition) is 4. The lowest BCUT2D eigenvalue weighted by molar-refractivity contribution is -0.136. The lowest BCUT2D eigenvalue weighted by Crippen LogP contribution is -2.27. The summed E-state index contributed by atoms with van der Waals surface area (Å²) in [5.41, 5.74) is 7.74. The van der Waals surface area contributed by atoms with Crippen molar-refractivity contribution in [2.24, 2.45) is 5.73 Å². The molecule has 0 unspecified atom stereocenters. The van der Waals surface area contributed by atoms with Crippen LogP contribution in [-0.4, -0.2) is 30.0 Å². The van der Waals surface area contributed by atoms with Crippen LogP contribution in [0.5, 0.6) is 0 Å². The average molecular weight is 340 g/mol. The van der Waals surface area contributed by atoms with Gasteiger partial charge in [-0.1, -0.05) is 24.3 Å². The van der Waals surface area contributed by atoms with Crippen LogP contribution in [-0.2, 0) is 11.2 Å². The number of aryl methyl sites for hydroxylation is 1. The fourth-order valence-electron chi connectivity index (χ4n) is 2.48. The first-order valence-corrected chi connectivity index (χ1v) is 7.67. The number of aliphatic carboxylic acids is 1. The van der Waals surface area contributed by atoms with E-state index in [-0.39, 0.29) is 18.3 Å². The molecule has 0 aliphatic rings. The lowest BCUT2D eigenvalue weighted by atomic mass is 10.1. The van der Waals surface area contributed by atoms with Crippen molar-refractivity contribution in [3.05, 3.63) is 59.7 Å². The third kappa shape index (κ3) is 4.81. The molecule has 0 heterocycles. The number of nitrogens with one attached hydrogen (secondary N) is 2. The van der Waals surface area contributed by atoms with Crippen LogP contribution in [0, 0.1) is 5.41 Å². The van der Waals surface area contributed by atoms with E-state index >= 15 is 0 Å². The molecule has 0 radical (unpaired) electrons. The predicted molar refractivity (Wildman–Crippen MR) is 97.1 cm³/mol. The van der Waals surface area contributed by atoms with E-state index in [1.807, 2.05) is 12.1 Å². The Bertz CT molecular complexity index is 804. The van der Waals surface area contributed by atoms with E-state index in [1.165, 1.54) is 4.90 Å². The molecule has 5 N–H and O–H groups in total. The van der Waals surface area contributed by atoms with Gasteiger partial charge in [-0.3, -0.25) is 15.0 Å². The van der Waals surface area contributed by atoms with E-state index in [2.05, 4.69) is 5.32 Å². The largest absolute Gasteiger partial charge is 0.481 e. The Kier molecular flexibility index (Phi) is 5.73. The normalized spacial score (nSPS) is 10.1. The van der Waals surface area contributed by atoms with Gasteiger partial charge in [-0.2, -0.15) is 0 Å². The topological polar surface area (TPSA) is 120 Å². The predicted octanol–water partition coefficient (Wildman–Crippen LogP) is 2.29. The van der Waals surface area contributed by atoms with Crippen molar-refractivity contribution in [3.63, 3.8) is 0 Å². The summed E-state index contributed by atoms with van der Waals surface area (Å²) in [4.78, 5) is 25.1.